The van der Waals surface area contributed by atoms with Gasteiger partial charge in [0.25, 0.3) is 5.91 Å². The van der Waals surface area contributed by atoms with Crippen LogP contribution >= 0.6 is 0 Å². The number of methoxy groups -OCH3 is 1. The molecule has 5 rings (SSSR count). The topological polar surface area (TPSA) is 165 Å². The Morgan fingerprint density at radius 1 is 1.19 bits per heavy atom. The van der Waals surface area contributed by atoms with E-state index in [0.29, 0.717) is 29.0 Å². The number of quaternary nitrogens is 1. The van der Waals surface area contributed by atoms with Crippen LogP contribution in [-0.2, 0) is 25.6 Å². The van der Waals surface area contributed by atoms with Crippen molar-refractivity contribution >= 4 is 23.3 Å². The number of phenols is 1. The summed E-state index contributed by atoms with van der Waals surface area (Å²) in [7, 11) is 1.19. The molecule has 0 aliphatic heterocycles. The predicted octanol–water partition coefficient (Wildman–Crippen LogP) is 2.86. The van der Waals surface area contributed by atoms with Crippen LogP contribution in [0.4, 0.5) is 5.69 Å². The average molecular weight is 598 g/mol. The number of aromatic hydroxyl groups is 1. The third kappa shape index (κ3) is 5.71. The molecule has 0 bridgehead atoms. The van der Waals surface area contributed by atoms with Gasteiger partial charge in [0.1, 0.15) is 11.8 Å². The summed E-state index contributed by atoms with van der Waals surface area (Å²) in [5.74, 6) is -0.0622. The fraction of sp³-hybridized carbons (Fsp3) is 0.594. The molecule has 0 heterocycles. The van der Waals surface area contributed by atoms with E-state index in [1.54, 1.807) is 0 Å². The highest BCUT2D eigenvalue weighted by Gasteiger charge is 2.62. The maximum absolute atomic E-state index is 12.6. The van der Waals surface area contributed by atoms with Gasteiger partial charge in [-0.05, 0) is 92.4 Å². The van der Waals surface area contributed by atoms with Crippen LogP contribution in [0.25, 0.3) is 0 Å². The van der Waals surface area contributed by atoms with Crippen molar-refractivity contribution in [3.8, 4) is 5.75 Å². The van der Waals surface area contributed by atoms with Crippen molar-refractivity contribution in [2.24, 2.45) is 33.7 Å². The van der Waals surface area contributed by atoms with Crippen LogP contribution in [0, 0.1) is 33.8 Å². The fourth-order valence-electron chi connectivity index (χ4n) is 8.36. The van der Waals surface area contributed by atoms with E-state index in [9.17, 15) is 30.2 Å². The Labute approximate surface area is 251 Å². The highest BCUT2D eigenvalue weighted by atomic mass is 16.8. The first-order chi connectivity index (χ1) is 20.3. The van der Waals surface area contributed by atoms with Crippen LogP contribution in [-0.4, -0.2) is 58.4 Å². The number of oxime groups is 1. The Kier molecular flexibility index (Phi) is 8.47. The van der Waals surface area contributed by atoms with Crippen molar-refractivity contribution in [2.75, 3.05) is 13.7 Å². The minimum atomic E-state index is -1.31. The van der Waals surface area contributed by atoms with Crippen LogP contribution in [0.15, 0.2) is 47.2 Å². The SMILES string of the molecule is COC(=O)[C@H](Cc1ccc(O)c([NH+]([O-])O)c1)NC(=O)CON=C1C=C[C@@]2(C)C(=C1)CC[C@H]1[C@H]2CC[C@@]2(C)[C@H]1CC[C@]2(C)O. The van der Waals surface area contributed by atoms with E-state index >= 15 is 0 Å². The van der Waals surface area contributed by atoms with Crippen molar-refractivity contribution in [3.05, 3.63) is 52.8 Å². The van der Waals surface area contributed by atoms with Crippen LogP contribution in [0.3, 0.4) is 0 Å². The van der Waals surface area contributed by atoms with Crippen molar-refractivity contribution < 1.29 is 39.8 Å². The van der Waals surface area contributed by atoms with E-state index in [1.807, 2.05) is 13.0 Å². The number of benzene rings is 1. The van der Waals surface area contributed by atoms with Crippen LogP contribution in [0.2, 0.25) is 0 Å². The Morgan fingerprint density at radius 2 is 1.93 bits per heavy atom. The molecule has 11 heteroatoms. The number of allylic oxidation sites excluding steroid dienone is 4. The molecular weight excluding hydrogens is 554 g/mol. The van der Waals surface area contributed by atoms with Gasteiger partial charge in [-0.25, -0.2) is 10.0 Å². The lowest BCUT2D eigenvalue weighted by atomic mass is 9.47. The molecule has 4 aliphatic rings. The lowest BCUT2D eigenvalue weighted by Gasteiger charge is -2.58. The van der Waals surface area contributed by atoms with Crippen LogP contribution in [0.1, 0.15) is 64.9 Å². The molecule has 11 nitrogen and oxygen atoms in total. The Balaban J connectivity index is 1.20. The Morgan fingerprint density at radius 3 is 2.65 bits per heavy atom. The smallest absolute Gasteiger partial charge is 0.328 e. The van der Waals surface area contributed by atoms with Gasteiger partial charge in [-0.15, -0.1) is 0 Å². The molecule has 43 heavy (non-hydrogen) atoms. The summed E-state index contributed by atoms with van der Waals surface area (Å²) in [6.45, 7) is 6.20. The Hall–Kier alpha value is -3.25. The van der Waals surface area contributed by atoms with Crippen LogP contribution in [0.5, 0.6) is 5.75 Å². The maximum Gasteiger partial charge on any atom is 0.328 e. The summed E-state index contributed by atoms with van der Waals surface area (Å²) in [6, 6.07) is 2.85. The summed E-state index contributed by atoms with van der Waals surface area (Å²) < 4.78 is 4.81. The second kappa shape index (κ2) is 11.7. The number of carbonyl (C=O) groups is 2. The molecule has 8 atom stereocenters. The number of hydrogen-bond donors (Lipinski definition) is 5. The number of fused-ring (bicyclic) bond motifs is 5. The van der Waals surface area contributed by atoms with Gasteiger partial charge >= 0.3 is 5.97 Å². The molecule has 4 aliphatic carbocycles. The largest absolute Gasteiger partial charge is 0.595 e. The van der Waals surface area contributed by atoms with E-state index < -0.39 is 41.1 Å². The van der Waals surface area contributed by atoms with Crippen molar-refractivity contribution in [2.45, 2.75) is 77.4 Å². The van der Waals surface area contributed by atoms with Gasteiger partial charge < -0.3 is 30.3 Å². The van der Waals surface area contributed by atoms with Gasteiger partial charge in [-0.1, -0.05) is 36.7 Å². The first-order valence-electron chi connectivity index (χ1n) is 15.0. The third-order valence-corrected chi connectivity index (χ3v) is 11.0. The second-order valence-electron chi connectivity index (χ2n) is 13.3. The van der Waals surface area contributed by atoms with Crippen molar-refractivity contribution in [3.63, 3.8) is 0 Å². The zero-order valence-electron chi connectivity index (χ0n) is 25.3. The predicted molar refractivity (Wildman–Crippen MR) is 157 cm³/mol. The highest BCUT2D eigenvalue weighted by Crippen LogP contribution is 2.66. The first kappa shape index (κ1) is 31.2. The lowest BCUT2D eigenvalue weighted by Crippen LogP contribution is -2.99. The molecule has 0 spiro atoms. The van der Waals surface area contributed by atoms with Gasteiger partial charge in [0, 0.05) is 17.9 Å². The number of rotatable bonds is 8. The molecule has 0 radical (unpaired) electrons. The Bertz CT molecular complexity index is 1350. The van der Waals surface area contributed by atoms with Crippen molar-refractivity contribution in [1.29, 1.82) is 0 Å². The number of amides is 1. The summed E-state index contributed by atoms with van der Waals surface area (Å²) >= 11 is 0. The van der Waals surface area contributed by atoms with Crippen molar-refractivity contribution in [1.82, 2.24) is 5.32 Å². The normalized spacial score (nSPS) is 35.2. The fourth-order valence-corrected chi connectivity index (χ4v) is 8.36. The molecule has 5 N–H and O–H groups in total. The number of nitrogens with zero attached hydrogens (tertiary/aromatic N) is 1. The zero-order valence-corrected chi connectivity index (χ0v) is 25.3. The second-order valence-corrected chi connectivity index (χ2v) is 13.3. The summed E-state index contributed by atoms with van der Waals surface area (Å²) in [6.07, 6.45) is 12.3. The summed E-state index contributed by atoms with van der Waals surface area (Å²) in [5, 5.41) is 46.9. The molecule has 1 amide bonds. The summed E-state index contributed by atoms with van der Waals surface area (Å²) in [5.41, 5.74) is 1.36. The lowest BCUT2D eigenvalue weighted by molar-refractivity contribution is -0.991. The quantitative estimate of drug-likeness (QED) is 0.173. The molecule has 234 valence electrons. The first-order valence-corrected chi connectivity index (χ1v) is 15.0. The molecule has 3 saturated carbocycles. The van der Waals surface area contributed by atoms with E-state index in [4.69, 9.17) is 9.57 Å². The molecule has 3 fully saturated rings. The molecule has 0 saturated heterocycles. The molecule has 1 aromatic rings. The third-order valence-electron chi connectivity index (χ3n) is 11.0. The minimum Gasteiger partial charge on any atom is -0.595 e. The van der Waals surface area contributed by atoms with E-state index in [1.165, 1.54) is 30.9 Å². The molecular formula is C32H43N3O8. The number of aliphatic hydroxyl groups is 1. The molecule has 0 aromatic heterocycles. The van der Waals surface area contributed by atoms with Gasteiger partial charge in [0.15, 0.2) is 12.4 Å². The number of nitrogens with one attached hydrogen (secondary N) is 2. The van der Waals surface area contributed by atoms with Gasteiger partial charge in [-0.2, -0.15) is 5.23 Å². The van der Waals surface area contributed by atoms with Crippen LogP contribution < -0.4 is 10.5 Å². The standard InChI is InChI=1S/C32H43N3O8/c1-30-12-9-21(17-20(30)6-7-22-23(30)10-13-31(2)24(22)11-14-32(31,3)39)34-43-18-28(37)33-25(29(38)42-4)15-19-5-8-27(36)26(16-19)35(40)41/h5,8-9,12,16-17,22-25,35-36,39-40H,6-7,10-11,13-15,18H2,1-4H3,(H,33,37)/t22-,23+,24-,25-,30-,31-,32-/m0/s1. The molecule has 1 unspecified atom stereocenters. The number of carbonyl (C=O) groups excluding carboxylic acids is 2. The van der Waals surface area contributed by atoms with E-state index in [0.717, 1.165) is 38.5 Å². The number of esters is 1. The zero-order chi connectivity index (χ0) is 31.2. The van der Waals surface area contributed by atoms with E-state index in [2.05, 4.69) is 36.5 Å². The monoisotopic (exact) mass is 597 g/mol. The number of hydrogen-bond acceptors (Lipinski definition) is 9. The van der Waals surface area contributed by atoms with E-state index in [-0.39, 0.29) is 22.9 Å². The molecule has 1 aromatic carbocycles. The minimum absolute atomic E-state index is 0.0243. The van der Waals surface area contributed by atoms with Gasteiger partial charge in [0.2, 0.25) is 5.69 Å². The number of ether oxygens (including phenoxy) is 1. The van der Waals surface area contributed by atoms with Gasteiger partial charge in [0.05, 0.1) is 12.7 Å². The average Bonchev–Trinajstić information content (AvgIpc) is 3.21. The highest BCUT2D eigenvalue weighted by molar-refractivity contribution is 6.05. The maximum atomic E-state index is 12.6. The number of phenolic OH excluding ortho intramolecular Hbond substituents is 1. The summed E-state index contributed by atoms with van der Waals surface area (Å²) in [4.78, 5) is 30.3. The van der Waals surface area contributed by atoms with Gasteiger partial charge in [-0.3, -0.25) is 4.79 Å².